The van der Waals surface area contributed by atoms with Gasteiger partial charge in [-0.25, -0.2) is 9.78 Å². The molecule has 2 fully saturated rings. The minimum Gasteiger partial charge on any atom is -0.389 e. The largest absolute Gasteiger partial charge is 0.389 e. The van der Waals surface area contributed by atoms with Crippen molar-refractivity contribution in [3.8, 4) is 0 Å². The average molecular weight is 294 g/mol. The molecule has 5 atom stereocenters. The van der Waals surface area contributed by atoms with Crippen LogP contribution >= 0.6 is 0 Å². The maximum absolute atomic E-state index is 10.9. The van der Waals surface area contributed by atoms with Crippen molar-refractivity contribution in [3.63, 3.8) is 0 Å². The Hall–Kier alpha value is -0.320. The van der Waals surface area contributed by atoms with E-state index in [0.29, 0.717) is 0 Å². The van der Waals surface area contributed by atoms with Crippen molar-refractivity contribution in [2.45, 2.75) is 56.7 Å². The fraction of sp³-hybridized carbons (Fsp3) is 1.00. The van der Waals surface area contributed by atoms with Crippen molar-refractivity contribution in [2.75, 3.05) is 6.61 Å². The Morgan fingerprint density at radius 2 is 1.50 bits per heavy atom. The lowest BCUT2D eigenvalue weighted by molar-refractivity contribution is -0.433. The first kappa shape index (κ1) is 16.1. The number of rotatable bonds is 4. The first-order chi connectivity index (χ1) is 8.91. The van der Waals surface area contributed by atoms with E-state index in [1.807, 2.05) is 0 Å². The summed E-state index contributed by atoms with van der Waals surface area (Å²) < 4.78 is 0. The molecule has 0 bridgehead atoms. The van der Waals surface area contributed by atoms with Crippen molar-refractivity contribution in [1.29, 1.82) is 0 Å². The third-order valence-electron chi connectivity index (χ3n) is 5.83. The van der Waals surface area contributed by atoms with Crippen molar-refractivity contribution in [3.05, 3.63) is 0 Å². The molecule has 0 spiro atoms. The van der Waals surface area contributed by atoms with Crippen LogP contribution in [-0.2, 0) is 9.78 Å². The summed E-state index contributed by atoms with van der Waals surface area (Å²) in [6.45, 7) is 5.25. The zero-order valence-electron chi connectivity index (χ0n) is 11.9. The predicted molar refractivity (Wildman–Crippen MR) is 64.5 cm³/mol. The summed E-state index contributed by atoms with van der Waals surface area (Å²) >= 11 is 0. The first-order valence-corrected chi connectivity index (χ1v) is 6.33. The topological polar surface area (TPSA) is 140 Å². The van der Waals surface area contributed by atoms with Crippen LogP contribution in [0.3, 0.4) is 0 Å². The summed E-state index contributed by atoms with van der Waals surface area (Å²) in [6, 6.07) is 0. The first-order valence-electron chi connectivity index (χ1n) is 6.33. The van der Waals surface area contributed by atoms with Gasteiger partial charge in [0.25, 0.3) is 0 Å². The van der Waals surface area contributed by atoms with E-state index in [1.165, 1.54) is 27.7 Å². The van der Waals surface area contributed by atoms with Crippen LogP contribution in [0.4, 0.5) is 0 Å². The molecule has 2 aliphatic carbocycles. The monoisotopic (exact) mass is 294 g/mol. The molecule has 0 saturated heterocycles. The van der Waals surface area contributed by atoms with E-state index in [-0.39, 0.29) is 0 Å². The van der Waals surface area contributed by atoms with Crippen LogP contribution < -0.4 is 0 Å². The van der Waals surface area contributed by atoms with Crippen LogP contribution in [-0.4, -0.2) is 66.6 Å². The summed E-state index contributed by atoms with van der Waals surface area (Å²) in [5.74, 6) is 0. The van der Waals surface area contributed by atoms with Gasteiger partial charge in [0.15, 0.2) is 6.10 Å². The Bertz CT molecular complexity index is 424. The molecule has 0 radical (unpaired) electrons. The molecule has 1 unspecified atom stereocenters. The second kappa shape index (κ2) is 3.90. The van der Waals surface area contributed by atoms with Gasteiger partial charge in [0.05, 0.1) is 6.10 Å². The lowest BCUT2D eigenvalue weighted by atomic mass is 9.50. The Morgan fingerprint density at radius 1 is 1.00 bits per heavy atom. The molecule has 6 N–H and O–H groups in total. The zero-order valence-corrected chi connectivity index (χ0v) is 11.9. The van der Waals surface area contributed by atoms with E-state index in [9.17, 15) is 20.4 Å². The standard InChI is InChI=1S/C12H22O8/c1-8(2)6(13)7(20-18)11(8,15)12(16)9(3,4)10(12,14)5-19-17/h6-7,13-18H,5H2,1-4H3/t6?,7-,10+,11+,12-/m1/s1. The molecule has 0 aliphatic heterocycles. The Kier molecular flexibility index (Phi) is 3.13. The highest BCUT2D eigenvalue weighted by Crippen LogP contribution is 2.75. The Morgan fingerprint density at radius 3 is 1.90 bits per heavy atom. The highest BCUT2D eigenvalue weighted by atomic mass is 17.1. The molecule has 0 aromatic heterocycles. The molecule has 2 saturated carbocycles. The number of aliphatic hydroxyl groups excluding tert-OH is 1. The van der Waals surface area contributed by atoms with Gasteiger partial charge in [0, 0.05) is 10.8 Å². The van der Waals surface area contributed by atoms with Gasteiger partial charge in [-0.3, -0.25) is 10.5 Å². The van der Waals surface area contributed by atoms with Gasteiger partial charge in [-0.05, 0) is 0 Å². The summed E-state index contributed by atoms with van der Waals surface area (Å²) in [5.41, 5.74) is -8.76. The van der Waals surface area contributed by atoms with Gasteiger partial charge < -0.3 is 20.4 Å². The number of hydrogen-bond acceptors (Lipinski definition) is 8. The molecule has 8 nitrogen and oxygen atoms in total. The van der Waals surface area contributed by atoms with Gasteiger partial charge >= 0.3 is 0 Å². The number of hydrogen-bond donors (Lipinski definition) is 6. The van der Waals surface area contributed by atoms with Gasteiger partial charge in [-0.15, -0.1) is 0 Å². The highest BCUT2D eigenvalue weighted by molar-refractivity contribution is 5.44. The molecular weight excluding hydrogens is 272 g/mol. The molecule has 20 heavy (non-hydrogen) atoms. The zero-order chi connectivity index (χ0) is 15.8. The van der Waals surface area contributed by atoms with Crippen LogP contribution in [0.2, 0.25) is 0 Å². The molecule has 0 amide bonds. The third kappa shape index (κ3) is 1.18. The molecule has 2 rings (SSSR count). The van der Waals surface area contributed by atoms with E-state index in [0.717, 1.165) is 0 Å². The van der Waals surface area contributed by atoms with Gasteiger partial charge in [-0.2, -0.15) is 0 Å². The van der Waals surface area contributed by atoms with Crippen LogP contribution in [0.5, 0.6) is 0 Å². The molecule has 2 aliphatic rings. The smallest absolute Gasteiger partial charge is 0.151 e. The van der Waals surface area contributed by atoms with Crippen molar-refractivity contribution in [1.82, 2.24) is 0 Å². The summed E-state index contributed by atoms with van der Waals surface area (Å²) in [7, 11) is 0. The van der Waals surface area contributed by atoms with Crippen LogP contribution in [0.25, 0.3) is 0 Å². The lowest BCUT2D eigenvalue weighted by Crippen LogP contribution is -2.82. The minimum atomic E-state index is -2.15. The SMILES string of the molecule is CC1(C)[C@](O)([C@]2(O)[C@H](OO)C(O)C2(C)C)[C@]1(O)COO. The normalized spacial score (nSPS) is 52.5. The minimum absolute atomic E-state index is 0.636. The summed E-state index contributed by atoms with van der Waals surface area (Å²) in [4.78, 5) is 8.05. The summed E-state index contributed by atoms with van der Waals surface area (Å²) in [6.07, 6.45) is -2.73. The maximum Gasteiger partial charge on any atom is 0.151 e. The molecule has 0 aromatic carbocycles. The van der Waals surface area contributed by atoms with Crippen molar-refractivity contribution in [2.24, 2.45) is 10.8 Å². The van der Waals surface area contributed by atoms with E-state index < -0.39 is 46.4 Å². The lowest BCUT2D eigenvalue weighted by Gasteiger charge is -2.63. The van der Waals surface area contributed by atoms with Crippen molar-refractivity contribution < 1.29 is 40.7 Å². The fourth-order valence-corrected chi connectivity index (χ4v) is 4.00. The molecule has 118 valence electrons. The van der Waals surface area contributed by atoms with E-state index in [1.54, 1.807) is 0 Å². The molecule has 8 heteroatoms. The van der Waals surface area contributed by atoms with Crippen LogP contribution in [0.1, 0.15) is 27.7 Å². The van der Waals surface area contributed by atoms with E-state index in [2.05, 4.69) is 9.78 Å². The predicted octanol–water partition coefficient (Wildman–Crippen LogP) is -1.03. The summed E-state index contributed by atoms with van der Waals surface area (Å²) in [5, 5.41) is 59.6. The fourth-order valence-electron chi connectivity index (χ4n) is 4.00. The molecule has 0 aromatic rings. The number of aliphatic hydroxyl groups is 4. The third-order valence-corrected chi connectivity index (χ3v) is 5.83. The molecular formula is C12H22O8. The van der Waals surface area contributed by atoms with E-state index >= 15 is 0 Å². The average Bonchev–Trinajstić information content (AvgIpc) is 2.70. The molecule has 0 heterocycles. The van der Waals surface area contributed by atoms with Gasteiger partial charge in [0.2, 0.25) is 0 Å². The van der Waals surface area contributed by atoms with Crippen LogP contribution in [0, 0.1) is 10.8 Å². The maximum atomic E-state index is 10.9. The van der Waals surface area contributed by atoms with Gasteiger partial charge in [-0.1, -0.05) is 27.7 Å². The highest BCUT2D eigenvalue weighted by Gasteiger charge is 2.96. The van der Waals surface area contributed by atoms with Crippen molar-refractivity contribution >= 4 is 0 Å². The second-order valence-corrected chi connectivity index (χ2v) is 6.93. The Labute approximate surface area is 116 Å². The van der Waals surface area contributed by atoms with Crippen LogP contribution in [0.15, 0.2) is 0 Å². The Balaban J connectivity index is 2.50. The quantitative estimate of drug-likeness (QED) is 0.286. The second-order valence-electron chi connectivity index (χ2n) is 6.93. The van der Waals surface area contributed by atoms with E-state index in [4.69, 9.17) is 10.5 Å². The van der Waals surface area contributed by atoms with Gasteiger partial charge in [0.1, 0.15) is 23.4 Å².